The molecule has 0 saturated carbocycles. The molecule has 0 radical (unpaired) electrons. The highest BCUT2D eigenvalue weighted by molar-refractivity contribution is 7.13. The molecule has 1 amide bonds. The number of amides is 1. The smallest absolute Gasteiger partial charge is 0.246 e. The molecule has 126 valence electrons. The van der Waals surface area contributed by atoms with E-state index in [0.717, 1.165) is 10.6 Å². The molecule has 0 bridgehead atoms. The second-order valence-corrected chi connectivity index (χ2v) is 6.13. The normalized spacial score (nSPS) is 11.4. The van der Waals surface area contributed by atoms with E-state index in [-0.39, 0.29) is 18.1 Å². The number of hydrazone groups is 1. The molecule has 0 unspecified atom stereocenters. The summed E-state index contributed by atoms with van der Waals surface area (Å²) in [7, 11) is 0. The van der Waals surface area contributed by atoms with Gasteiger partial charge in [-0.05, 0) is 43.3 Å². The second kappa shape index (κ2) is 7.76. The van der Waals surface area contributed by atoms with E-state index in [0.29, 0.717) is 17.1 Å². The number of hydrogen-bond acceptors (Lipinski definition) is 5. The third-order valence-corrected chi connectivity index (χ3v) is 4.31. The Morgan fingerprint density at radius 1 is 1.24 bits per heavy atom. The van der Waals surface area contributed by atoms with Gasteiger partial charge in [-0.25, -0.2) is 14.8 Å². The van der Waals surface area contributed by atoms with Crippen LogP contribution < -0.4 is 5.43 Å². The first-order valence-corrected chi connectivity index (χ1v) is 8.44. The lowest BCUT2D eigenvalue weighted by Gasteiger charge is -2.01. The van der Waals surface area contributed by atoms with Gasteiger partial charge in [0, 0.05) is 17.1 Å². The molecule has 1 N–H and O–H groups in total. The third kappa shape index (κ3) is 4.54. The maximum absolute atomic E-state index is 13.0. The lowest BCUT2D eigenvalue weighted by atomic mass is 10.2. The number of hydrogen-bond donors (Lipinski definition) is 1. The fourth-order valence-corrected chi connectivity index (χ4v) is 2.92. The molecule has 1 aromatic carbocycles. The number of aromatic nitrogens is 2. The molecule has 3 aromatic rings. The molecule has 0 aliphatic rings. The zero-order valence-corrected chi connectivity index (χ0v) is 14.3. The van der Waals surface area contributed by atoms with Gasteiger partial charge in [0.05, 0.1) is 23.5 Å². The van der Waals surface area contributed by atoms with Crippen LogP contribution in [0.2, 0.25) is 0 Å². The maximum Gasteiger partial charge on any atom is 0.246 e. The summed E-state index contributed by atoms with van der Waals surface area (Å²) in [4.78, 5) is 20.6. The molecule has 25 heavy (non-hydrogen) atoms. The monoisotopic (exact) mass is 354 g/mol. The van der Waals surface area contributed by atoms with Gasteiger partial charge in [-0.3, -0.25) is 9.78 Å². The summed E-state index contributed by atoms with van der Waals surface area (Å²) in [5.74, 6) is -0.549. The number of pyridine rings is 1. The average molecular weight is 354 g/mol. The largest absolute Gasteiger partial charge is 0.273 e. The molecule has 0 atom stereocenters. The van der Waals surface area contributed by atoms with Crippen molar-refractivity contribution in [3.63, 3.8) is 0 Å². The lowest BCUT2D eigenvalue weighted by molar-refractivity contribution is -0.120. The van der Waals surface area contributed by atoms with Crippen molar-refractivity contribution in [1.82, 2.24) is 15.4 Å². The van der Waals surface area contributed by atoms with Gasteiger partial charge in [-0.1, -0.05) is 6.07 Å². The van der Waals surface area contributed by atoms with Crippen LogP contribution in [0.1, 0.15) is 18.3 Å². The average Bonchev–Trinajstić information content (AvgIpc) is 3.09. The van der Waals surface area contributed by atoms with Gasteiger partial charge in [0.1, 0.15) is 10.8 Å². The standard InChI is InChI=1S/C18H15FN4OS/c1-12(16-4-2-3-9-20-16)22-23-17(24)10-15-11-25-18(21-15)13-5-7-14(19)8-6-13/h2-9,11H,10H2,1H3,(H,23,24)/b22-12-. The highest BCUT2D eigenvalue weighted by atomic mass is 32.1. The zero-order valence-electron chi connectivity index (χ0n) is 13.4. The Morgan fingerprint density at radius 3 is 2.76 bits per heavy atom. The molecule has 0 saturated heterocycles. The van der Waals surface area contributed by atoms with Gasteiger partial charge in [0.2, 0.25) is 5.91 Å². The van der Waals surface area contributed by atoms with Crippen molar-refractivity contribution >= 4 is 23.0 Å². The zero-order chi connectivity index (χ0) is 17.6. The van der Waals surface area contributed by atoms with Crippen molar-refractivity contribution in [2.24, 2.45) is 5.10 Å². The summed E-state index contributed by atoms with van der Waals surface area (Å²) < 4.78 is 13.0. The Balaban J connectivity index is 1.61. The summed E-state index contributed by atoms with van der Waals surface area (Å²) >= 11 is 1.41. The summed E-state index contributed by atoms with van der Waals surface area (Å²) in [6, 6.07) is 11.6. The molecule has 0 aliphatic heterocycles. The van der Waals surface area contributed by atoms with Crippen molar-refractivity contribution in [2.75, 3.05) is 0 Å². The Bertz CT molecular complexity index is 891. The second-order valence-electron chi connectivity index (χ2n) is 5.27. The van der Waals surface area contributed by atoms with E-state index in [2.05, 4.69) is 20.5 Å². The summed E-state index contributed by atoms with van der Waals surface area (Å²) in [6.45, 7) is 1.78. The van der Waals surface area contributed by atoms with Crippen molar-refractivity contribution in [3.05, 3.63) is 71.2 Å². The van der Waals surface area contributed by atoms with Crippen LogP contribution in [0, 0.1) is 5.82 Å². The topological polar surface area (TPSA) is 67.2 Å². The van der Waals surface area contributed by atoms with E-state index >= 15 is 0 Å². The molecule has 2 heterocycles. The first-order chi connectivity index (χ1) is 12.1. The predicted octanol–water partition coefficient (Wildman–Crippen LogP) is 3.43. The lowest BCUT2D eigenvalue weighted by Crippen LogP contribution is -2.21. The van der Waals surface area contributed by atoms with Crippen molar-refractivity contribution < 1.29 is 9.18 Å². The molecule has 5 nitrogen and oxygen atoms in total. The van der Waals surface area contributed by atoms with Crippen LogP contribution in [0.4, 0.5) is 4.39 Å². The van der Waals surface area contributed by atoms with Crippen LogP contribution >= 0.6 is 11.3 Å². The number of nitrogens with zero attached hydrogens (tertiary/aromatic N) is 3. The first-order valence-electron chi connectivity index (χ1n) is 7.56. The molecule has 0 fully saturated rings. The van der Waals surface area contributed by atoms with Crippen LogP contribution in [0.5, 0.6) is 0 Å². The fraction of sp³-hybridized carbons (Fsp3) is 0.111. The Hall–Kier alpha value is -2.93. The van der Waals surface area contributed by atoms with Gasteiger partial charge >= 0.3 is 0 Å². The van der Waals surface area contributed by atoms with Crippen LogP contribution in [-0.4, -0.2) is 21.6 Å². The van der Waals surface area contributed by atoms with Crippen LogP contribution in [0.15, 0.2) is 59.1 Å². The van der Waals surface area contributed by atoms with E-state index in [4.69, 9.17) is 0 Å². The Labute approximate surface area is 148 Å². The molecule has 0 aliphatic carbocycles. The van der Waals surface area contributed by atoms with E-state index in [1.54, 1.807) is 25.3 Å². The predicted molar refractivity (Wildman–Crippen MR) is 95.8 cm³/mol. The van der Waals surface area contributed by atoms with Crippen molar-refractivity contribution in [2.45, 2.75) is 13.3 Å². The highest BCUT2D eigenvalue weighted by Crippen LogP contribution is 2.24. The molecular formula is C18H15FN4OS. The van der Waals surface area contributed by atoms with E-state index in [9.17, 15) is 9.18 Å². The number of thiazole rings is 1. The van der Waals surface area contributed by atoms with Crippen LogP contribution in [0.25, 0.3) is 10.6 Å². The Morgan fingerprint density at radius 2 is 2.04 bits per heavy atom. The number of halogens is 1. The number of carbonyl (C=O) groups excluding carboxylic acids is 1. The van der Waals surface area contributed by atoms with E-state index in [1.807, 2.05) is 23.6 Å². The fourth-order valence-electron chi connectivity index (χ4n) is 2.10. The van der Waals surface area contributed by atoms with E-state index < -0.39 is 0 Å². The Kier molecular flexibility index (Phi) is 5.25. The first kappa shape index (κ1) is 16.9. The van der Waals surface area contributed by atoms with Gasteiger partial charge < -0.3 is 0 Å². The van der Waals surface area contributed by atoms with Gasteiger partial charge in [-0.15, -0.1) is 11.3 Å². The van der Waals surface area contributed by atoms with Crippen molar-refractivity contribution in [3.8, 4) is 10.6 Å². The van der Waals surface area contributed by atoms with E-state index in [1.165, 1.54) is 23.5 Å². The molecular weight excluding hydrogens is 339 g/mol. The third-order valence-electron chi connectivity index (χ3n) is 3.37. The van der Waals surface area contributed by atoms with Crippen molar-refractivity contribution in [1.29, 1.82) is 0 Å². The summed E-state index contributed by atoms with van der Waals surface area (Å²) in [5.41, 5.74) is 5.31. The SMILES string of the molecule is C/C(=N/NC(=O)Cc1csc(-c2ccc(F)cc2)n1)c1ccccn1. The van der Waals surface area contributed by atoms with Gasteiger partial charge in [-0.2, -0.15) is 5.10 Å². The quantitative estimate of drug-likeness (QED) is 0.564. The molecule has 7 heteroatoms. The summed E-state index contributed by atoms with van der Waals surface area (Å²) in [5, 5.41) is 6.61. The molecule has 0 spiro atoms. The number of nitrogens with one attached hydrogen (secondary N) is 1. The minimum atomic E-state index is -0.291. The molecule has 3 rings (SSSR count). The summed E-state index contributed by atoms with van der Waals surface area (Å²) in [6.07, 6.45) is 1.79. The van der Waals surface area contributed by atoms with Crippen LogP contribution in [0.3, 0.4) is 0 Å². The van der Waals surface area contributed by atoms with Crippen LogP contribution in [-0.2, 0) is 11.2 Å². The number of benzene rings is 1. The highest BCUT2D eigenvalue weighted by Gasteiger charge is 2.09. The van der Waals surface area contributed by atoms with Gasteiger partial charge in [0.15, 0.2) is 0 Å². The minimum Gasteiger partial charge on any atom is -0.273 e. The number of carbonyl (C=O) groups is 1. The van der Waals surface area contributed by atoms with Gasteiger partial charge in [0.25, 0.3) is 0 Å². The minimum absolute atomic E-state index is 0.122. The number of rotatable bonds is 5. The maximum atomic E-state index is 13.0. The molecule has 2 aromatic heterocycles.